The van der Waals surface area contributed by atoms with E-state index in [2.05, 4.69) is 15.5 Å². The second kappa shape index (κ2) is 9.97. The van der Waals surface area contributed by atoms with E-state index < -0.39 is 0 Å². The van der Waals surface area contributed by atoms with Gasteiger partial charge in [0.1, 0.15) is 5.82 Å². The molecule has 0 aliphatic carbocycles. The van der Waals surface area contributed by atoms with Crippen LogP contribution in [0.4, 0.5) is 10.4 Å². The van der Waals surface area contributed by atoms with E-state index in [9.17, 15) is 9.18 Å². The lowest BCUT2D eigenvalue weighted by molar-refractivity contribution is -0.115. The Morgan fingerprint density at radius 2 is 1.73 bits per heavy atom. The van der Waals surface area contributed by atoms with Crippen molar-refractivity contribution in [1.29, 1.82) is 0 Å². The lowest BCUT2D eigenvalue weighted by atomic mass is 10.2. The number of amides is 1. The highest BCUT2D eigenvalue weighted by molar-refractivity contribution is 7.99. The van der Waals surface area contributed by atoms with Gasteiger partial charge < -0.3 is 18.6 Å². The lowest BCUT2D eigenvalue weighted by Gasteiger charge is -2.12. The summed E-state index contributed by atoms with van der Waals surface area (Å²) in [4.78, 5) is 13.0. The molecule has 10 heteroatoms. The van der Waals surface area contributed by atoms with Gasteiger partial charge in [-0.1, -0.05) is 5.10 Å². The molecule has 0 atom stereocenters. The van der Waals surface area contributed by atoms with Gasteiger partial charge in [-0.15, -0.1) is 16.9 Å². The van der Waals surface area contributed by atoms with E-state index in [0.29, 0.717) is 28.6 Å². The van der Waals surface area contributed by atoms with Crippen molar-refractivity contribution in [3.8, 4) is 28.7 Å². The number of nitrogens with one attached hydrogen (secondary N) is 1. The first-order valence-corrected chi connectivity index (χ1v) is 9.84. The number of methoxy groups -OCH3 is 3. The molecule has 1 heterocycles. The van der Waals surface area contributed by atoms with E-state index in [1.54, 1.807) is 24.3 Å². The third-order valence-electron chi connectivity index (χ3n) is 3.99. The zero-order chi connectivity index (χ0) is 21.5. The number of ether oxygens (including phenoxy) is 3. The van der Waals surface area contributed by atoms with E-state index in [1.165, 1.54) is 45.2 Å². The summed E-state index contributed by atoms with van der Waals surface area (Å²) in [7, 11) is 4.52. The van der Waals surface area contributed by atoms with Gasteiger partial charge in [0.15, 0.2) is 11.5 Å². The Labute approximate surface area is 176 Å². The van der Waals surface area contributed by atoms with Crippen molar-refractivity contribution in [2.75, 3.05) is 32.4 Å². The molecule has 0 unspecified atom stereocenters. The van der Waals surface area contributed by atoms with Gasteiger partial charge in [0.2, 0.25) is 17.5 Å². The highest BCUT2D eigenvalue weighted by atomic mass is 32.2. The minimum absolute atomic E-state index is 0.0180. The van der Waals surface area contributed by atoms with Gasteiger partial charge >= 0.3 is 6.01 Å². The number of aromatic nitrogens is 2. The standard InChI is InChI=1S/C20H20FN3O5S/c1-26-15-10-12(11-16(27-2)18(15)28-3)19-23-24-20(29-19)22-17(25)8-9-30-14-6-4-13(21)5-7-14/h4-7,10-11H,8-9H2,1-3H3,(H,22,24,25). The van der Waals surface area contributed by atoms with Gasteiger partial charge in [-0.25, -0.2) is 4.39 Å². The second-order valence-electron chi connectivity index (χ2n) is 5.93. The molecule has 30 heavy (non-hydrogen) atoms. The Morgan fingerprint density at radius 3 is 2.33 bits per heavy atom. The van der Waals surface area contributed by atoms with Crippen molar-refractivity contribution < 1.29 is 27.8 Å². The topological polar surface area (TPSA) is 95.7 Å². The molecule has 0 fully saturated rings. The Balaban J connectivity index is 1.62. The van der Waals surface area contributed by atoms with Gasteiger partial charge in [-0.3, -0.25) is 10.1 Å². The molecule has 0 bridgehead atoms. The van der Waals surface area contributed by atoms with E-state index in [0.717, 1.165) is 4.90 Å². The van der Waals surface area contributed by atoms with Crippen LogP contribution in [0.3, 0.4) is 0 Å². The Bertz CT molecular complexity index is 985. The molecule has 0 spiro atoms. The summed E-state index contributed by atoms with van der Waals surface area (Å²) in [5.41, 5.74) is 0.546. The maximum absolute atomic E-state index is 12.9. The van der Waals surface area contributed by atoms with Gasteiger partial charge in [0.25, 0.3) is 0 Å². The quantitative estimate of drug-likeness (QED) is 0.506. The Kier molecular flexibility index (Phi) is 7.12. The van der Waals surface area contributed by atoms with Gasteiger partial charge in [0.05, 0.1) is 21.3 Å². The number of hydrogen-bond acceptors (Lipinski definition) is 8. The van der Waals surface area contributed by atoms with E-state index >= 15 is 0 Å². The lowest BCUT2D eigenvalue weighted by Crippen LogP contribution is -2.12. The highest BCUT2D eigenvalue weighted by Crippen LogP contribution is 2.41. The van der Waals surface area contributed by atoms with E-state index in [1.807, 2.05) is 0 Å². The Morgan fingerprint density at radius 1 is 1.07 bits per heavy atom. The predicted molar refractivity (Wildman–Crippen MR) is 110 cm³/mol. The number of nitrogens with zero attached hydrogens (tertiary/aromatic N) is 2. The number of thioether (sulfide) groups is 1. The number of halogens is 1. The molecule has 0 saturated carbocycles. The van der Waals surface area contributed by atoms with Crippen LogP contribution in [0.25, 0.3) is 11.5 Å². The van der Waals surface area contributed by atoms with Crippen molar-refractivity contribution in [2.24, 2.45) is 0 Å². The van der Waals surface area contributed by atoms with Crippen LogP contribution in [-0.2, 0) is 4.79 Å². The first-order valence-electron chi connectivity index (χ1n) is 8.86. The molecule has 1 amide bonds. The molecule has 0 radical (unpaired) electrons. The molecule has 2 aromatic carbocycles. The normalized spacial score (nSPS) is 10.5. The molecule has 3 aromatic rings. The molecule has 0 saturated heterocycles. The molecule has 8 nitrogen and oxygen atoms in total. The molecule has 158 valence electrons. The number of anilines is 1. The van der Waals surface area contributed by atoms with Crippen LogP contribution in [0.2, 0.25) is 0 Å². The van der Waals surface area contributed by atoms with Crippen LogP contribution in [0.15, 0.2) is 45.7 Å². The minimum atomic E-state index is -0.295. The number of hydrogen-bond donors (Lipinski definition) is 1. The maximum Gasteiger partial charge on any atom is 0.322 e. The second-order valence-corrected chi connectivity index (χ2v) is 7.10. The van der Waals surface area contributed by atoms with Gasteiger partial charge in [0, 0.05) is 22.6 Å². The van der Waals surface area contributed by atoms with Crippen molar-refractivity contribution in [2.45, 2.75) is 11.3 Å². The smallest absolute Gasteiger partial charge is 0.322 e. The fourth-order valence-electron chi connectivity index (χ4n) is 2.57. The fraction of sp³-hybridized carbons (Fsp3) is 0.250. The number of benzene rings is 2. The minimum Gasteiger partial charge on any atom is -0.493 e. The predicted octanol–water partition coefficient (Wildman–Crippen LogP) is 4.02. The summed E-state index contributed by atoms with van der Waals surface area (Å²) in [6, 6.07) is 9.41. The molecular formula is C20H20FN3O5S. The van der Waals surface area contributed by atoms with Crippen molar-refractivity contribution in [3.05, 3.63) is 42.2 Å². The SMILES string of the molecule is COc1cc(-c2nnc(NC(=O)CCSc3ccc(F)cc3)o2)cc(OC)c1OC. The highest BCUT2D eigenvalue weighted by Gasteiger charge is 2.18. The third kappa shape index (κ3) is 5.20. The zero-order valence-corrected chi connectivity index (χ0v) is 17.4. The van der Waals surface area contributed by atoms with Crippen molar-refractivity contribution >= 4 is 23.7 Å². The summed E-state index contributed by atoms with van der Waals surface area (Å²) < 4.78 is 34.4. The first-order chi connectivity index (χ1) is 14.5. The number of carbonyl (C=O) groups is 1. The fourth-order valence-corrected chi connectivity index (χ4v) is 3.42. The summed E-state index contributed by atoms with van der Waals surface area (Å²) in [6.07, 6.45) is 0.226. The monoisotopic (exact) mass is 433 g/mol. The molecule has 3 rings (SSSR count). The van der Waals surface area contributed by atoms with Crippen LogP contribution in [-0.4, -0.2) is 43.2 Å². The van der Waals surface area contributed by atoms with Crippen LogP contribution in [0.5, 0.6) is 17.2 Å². The van der Waals surface area contributed by atoms with Crippen molar-refractivity contribution in [3.63, 3.8) is 0 Å². The summed E-state index contributed by atoms with van der Waals surface area (Å²) in [5, 5.41) is 10.4. The van der Waals surface area contributed by atoms with Crippen LogP contribution < -0.4 is 19.5 Å². The largest absolute Gasteiger partial charge is 0.493 e. The number of rotatable bonds is 9. The van der Waals surface area contributed by atoms with Gasteiger partial charge in [-0.05, 0) is 36.4 Å². The third-order valence-corrected chi connectivity index (χ3v) is 5.01. The van der Waals surface area contributed by atoms with Gasteiger partial charge in [-0.2, -0.15) is 0 Å². The average molecular weight is 433 g/mol. The first kappa shape index (κ1) is 21.4. The van der Waals surface area contributed by atoms with Crippen molar-refractivity contribution in [1.82, 2.24) is 10.2 Å². The maximum atomic E-state index is 12.9. The van der Waals surface area contributed by atoms with E-state index in [4.69, 9.17) is 18.6 Å². The summed E-state index contributed by atoms with van der Waals surface area (Å²) >= 11 is 1.45. The van der Waals surface area contributed by atoms with Crippen LogP contribution in [0.1, 0.15) is 6.42 Å². The zero-order valence-electron chi connectivity index (χ0n) is 16.6. The molecule has 1 N–H and O–H groups in total. The molecule has 1 aromatic heterocycles. The average Bonchev–Trinajstić information content (AvgIpc) is 3.22. The molecular weight excluding hydrogens is 413 g/mol. The Hall–Kier alpha value is -3.27. The summed E-state index contributed by atoms with van der Waals surface area (Å²) in [5.74, 6) is 1.45. The van der Waals surface area contributed by atoms with Crippen LogP contribution in [0, 0.1) is 5.82 Å². The van der Waals surface area contributed by atoms with E-state index in [-0.39, 0.29) is 30.1 Å². The summed E-state index contributed by atoms with van der Waals surface area (Å²) in [6.45, 7) is 0. The molecule has 0 aliphatic heterocycles. The van der Waals surface area contributed by atoms with Crippen LogP contribution >= 0.6 is 11.8 Å². The molecule has 0 aliphatic rings. The number of carbonyl (C=O) groups excluding carboxylic acids is 1.